The average molecular weight is 429 g/mol. The van der Waals surface area contributed by atoms with E-state index in [-0.39, 0.29) is 5.91 Å². The molecule has 0 radical (unpaired) electrons. The maximum absolute atomic E-state index is 12.3. The van der Waals surface area contributed by atoms with Gasteiger partial charge in [-0.25, -0.2) is 4.99 Å². The number of fused-ring (bicyclic) bond motifs is 1. The lowest BCUT2D eigenvalue weighted by atomic mass is 10.1. The van der Waals surface area contributed by atoms with E-state index >= 15 is 0 Å². The number of guanidine groups is 1. The fraction of sp³-hybridized carbons (Fsp3) is 0.125. The lowest BCUT2D eigenvalue weighted by Crippen LogP contribution is -2.30. The van der Waals surface area contributed by atoms with Crippen LogP contribution in [0.4, 0.5) is 5.69 Å². The summed E-state index contributed by atoms with van der Waals surface area (Å²) in [6.45, 7) is 5.87. The van der Waals surface area contributed by atoms with Gasteiger partial charge in [0.15, 0.2) is 0 Å². The first-order valence-electron chi connectivity index (χ1n) is 9.97. The number of benzene rings is 2. The highest BCUT2D eigenvalue weighted by Gasteiger charge is 2.11. The Bertz CT molecular complexity index is 1170. The van der Waals surface area contributed by atoms with Gasteiger partial charge in [-0.2, -0.15) is 0 Å². The van der Waals surface area contributed by atoms with Crippen LogP contribution in [-0.2, 0) is 4.79 Å². The lowest BCUT2D eigenvalue weighted by molar-refractivity contribution is -0.105. The topological polar surface area (TPSA) is 105 Å². The van der Waals surface area contributed by atoms with Crippen LogP contribution in [0, 0.1) is 0 Å². The predicted molar refractivity (Wildman–Crippen MR) is 127 cm³/mol. The molecule has 1 aliphatic rings. The number of hydrogen-bond acceptors (Lipinski definition) is 6. The smallest absolute Gasteiger partial charge is 0.258 e. The second-order valence-electron chi connectivity index (χ2n) is 6.60. The van der Waals surface area contributed by atoms with Crippen molar-refractivity contribution >= 4 is 41.1 Å². The Morgan fingerprint density at radius 2 is 1.94 bits per heavy atom. The van der Waals surface area contributed by atoms with E-state index in [1.807, 2.05) is 6.92 Å². The van der Waals surface area contributed by atoms with Crippen LogP contribution in [-0.4, -0.2) is 36.0 Å². The highest BCUT2D eigenvalue weighted by Crippen LogP contribution is 2.30. The van der Waals surface area contributed by atoms with E-state index in [0.29, 0.717) is 41.7 Å². The minimum Gasteiger partial charge on any atom is -0.457 e. The van der Waals surface area contributed by atoms with Crippen LogP contribution in [0.25, 0.3) is 10.9 Å². The number of hydrogen-bond donors (Lipinski definition) is 2. The zero-order chi connectivity index (χ0) is 22.8. The van der Waals surface area contributed by atoms with E-state index in [4.69, 9.17) is 4.74 Å². The molecule has 162 valence electrons. The Hall–Kier alpha value is -4.33. The molecule has 8 nitrogen and oxygen atoms in total. The quantitative estimate of drug-likeness (QED) is 0.465. The SMILES string of the molecule is C=CC.O=CNc1ccc2nccc(Oc3ccc(C(=O)NC4=NCCC=N4)cc3)c2c1. The first-order chi connectivity index (χ1) is 15.6. The second kappa shape index (κ2) is 11.2. The van der Waals surface area contributed by atoms with Gasteiger partial charge in [0.05, 0.1) is 5.52 Å². The van der Waals surface area contributed by atoms with Gasteiger partial charge in [0, 0.05) is 42.0 Å². The summed E-state index contributed by atoms with van der Waals surface area (Å²) in [5.74, 6) is 1.20. The lowest BCUT2D eigenvalue weighted by Gasteiger charge is -2.11. The largest absolute Gasteiger partial charge is 0.457 e. The molecule has 2 heterocycles. The third kappa shape index (κ3) is 5.85. The zero-order valence-corrected chi connectivity index (χ0v) is 17.6. The van der Waals surface area contributed by atoms with E-state index in [0.717, 1.165) is 17.3 Å². The van der Waals surface area contributed by atoms with E-state index < -0.39 is 0 Å². The van der Waals surface area contributed by atoms with Crippen LogP contribution >= 0.6 is 0 Å². The van der Waals surface area contributed by atoms with Crippen molar-refractivity contribution in [3.05, 3.63) is 72.9 Å². The summed E-state index contributed by atoms with van der Waals surface area (Å²) in [5, 5.41) is 6.05. The van der Waals surface area contributed by atoms with Crippen molar-refractivity contribution in [3.8, 4) is 11.5 Å². The maximum atomic E-state index is 12.3. The molecule has 4 rings (SSSR count). The standard InChI is InChI=1S/C21H17N5O3.C3H6/c27-13-25-15-4-7-18-17(12-15)19(8-11-22-18)29-16-5-2-14(3-6-16)20(28)26-21-23-9-1-10-24-21;1-3-2/h2-9,11-13H,1,10H2,(H,25,27)(H,24,26,28);3H,1H2,2H3. The van der Waals surface area contributed by atoms with E-state index in [2.05, 4.69) is 32.2 Å². The maximum Gasteiger partial charge on any atom is 0.258 e. The Labute approximate surface area is 185 Å². The highest BCUT2D eigenvalue weighted by atomic mass is 16.5. The molecule has 0 saturated carbocycles. The number of nitrogens with one attached hydrogen (secondary N) is 2. The minimum atomic E-state index is -0.284. The van der Waals surface area contributed by atoms with Gasteiger partial charge in [0.25, 0.3) is 5.91 Å². The molecule has 2 N–H and O–H groups in total. The number of carbonyl (C=O) groups is 2. The van der Waals surface area contributed by atoms with Crippen molar-refractivity contribution in [2.75, 3.05) is 11.9 Å². The summed E-state index contributed by atoms with van der Waals surface area (Å²) in [6.07, 6.45) is 6.53. The molecule has 2 amide bonds. The number of amides is 2. The zero-order valence-electron chi connectivity index (χ0n) is 17.6. The molecular formula is C24H23N5O3. The molecule has 8 heteroatoms. The third-order valence-corrected chi connectivity index (χ3v) is 4.23. The highest BCUT2D eigenvalue weighted by molar-refractivity contribution is 6.07. The molecule has 0 unspecified atom stereocenters. The Morgan fingerprint density at radius 3 is 2.62 bits per heavy atom. The fourth-order valence-corrected chi connectivity index (χ4v) is 2.83. The number of nitrogens with zero attached hydrogens (tertiary/aromatic N) is 3. The van der Waals surface area contributed by atoms with Crippen LogP contribution in [0.15, 0.2) is 77.4 Å². The number of anilines is 1. The van der Waals surface area contributed by atoms with Gasteiger partial charge >= 0.3 is 0 Å². The van der Waals surface area contributed by atoms with Crippen molar-refractivity contribution in [2.24, 2.45) is 9.98 Å². The monoisotopic (exact) mass is 429 g/mol. The summed E-state index contributed by atoms with van der Waals surface area (Å²) < 4.78 is 5.97. The van der Waals surface area contributed by atoms with Gasteiger partial charge in [-0.3, -0.25) is 24.9 Å². The van der Waals surface area contributed by atoms with Crippen LogP contribution in [0.2, 0.25) is 0 Å². The number of allylic oxidation sites excluding steroid dienone is 1. The summed E-state index contributed by atoms with van der Waals surface area (Å²) in [5.41, 5.74) is 1.85. The normalized spacial score (nSPS) is 12.1. The second-order valence-corrected chi connectivity index (χ2v) is 6.60. The molecule has 0 spiro atoms. The van der Waals surface area contributed by atoms with Gasteiger partial charge in [-0.1, -0.05) is 6.08 Å². The molecule has 0 aliphatic carbocycles. The van der Waals surface area contributed by atoms with Crippen molar-refractivity contribution in [1.29, 1.82) is 0 Å². The van der Waals surface area contributed by atoms with Crippen LogP contribution < -0.4 is 15.4 Å². The molecule has 1 aromatic heterocycles. The van der Waals surface area contributed by atoms with Crippen LogP contribution in [0.1, 0.15) is 23.7 Å². The number of aromatic nitrogens is 1. The molecule has 0 bridgehead atoms. The Balaban J connectivity index is 0.000000913. The van der Waals surface area contributed by atoms with E-state index in [9.17, 15) is 9.59 Å². The molecule has 2 aromatic carbocycles. The van der Waals surface area contributed by atoms with E-state index in [1.165, 1.54) is 0 Å². The first kappa shape index (κ1) is 22.4. The minimum absolute atomic E-state index is 0.284. The van der Waals surface area contributed by atoms with Crippen molar-refractivity contribution < 1.29 is 14.3 Å². The van der Waals surface area contributed by atoms with Crippen molar-refractivity contribution in [3.63, 3.8) is 0 Å². The van der Waals surface area contributed by atoms with Crippen LogP contribution in [0.3, 0.4) is 0 Å². The molecule has 1 aliphatic heterocycles. The molecular weight excluding hydrogens is 406 g/mol. The number of aliphatic imine (C=N–C) groups is 2. The molecule has 3 aromatic rings. The molecule has 32 heavy (non-hydrogen) atoms. The van der Waals surface area contributed by atoms with Crippen LogP contribution in [0.5, 0.6) is 11.5 Å². The van der Waals surface area contributed by atoms with Gasteiger partial charge in [-0.05, 0) is 55.5 Å². The predicted octanol–water partition coefficient (Wildman–Crippen LogP) is 4.35. The molecule has 0 saturated heterocycles. The number of rotatable bonds is 5. The summed E-state index contributed by atoms with van der Waals surface area (Å²) >= 11 is 0. The Morgan fingerprint density at radius 1 is 1.16 bits per heavy atom. The summed E-state index contributed by atoms with van der Waals surface area (Å²) in [4.78, 5) is 35.5. The van der Waals surface area contributed by atoms with Gasteiger partial charge in [0.1, 0.15) is 11.5 Å². The molecule has 0 fully saturated rings. The van der Waals surface area contributed by atoms with Gasteiger partial charge in [0.2, 0.25) is 12.4 Å². The van der Waals surface area contributed by atoms with Crippen molar-refractivity contribution in [1.82, 2.24) is 10.3 Å². The third-order valence-electron chi connectivity index (χ3n) is 4.23. The first-order valence-corrected chi connectivity index (χ1v) is 9.97. The summed E-state index contributed by atoms with van der Waals surface area (Å²) in [6, 6.07) is 13.9. The number of pyridine rings is 1. The molecule has 0 atom stereocenters. The fourth-order valence-electron chi connectivity index (χ4n) is 2.83. The average Bonchev–Trinajstić information content (AvgIpc) is 2.81. The summed E-state index contributed by atoms with van der Waals surface area (Å²) in [7, 11) is 0. The van der Waals surface area contributed by atoms with Crippen molar-refractivity contribution in [2.45, 2.75) is 13.3 Å². The number of ether oxygens (including phenoxy) is 1. The van der Waals surface area contributed by atoms with E-state index in [1.54, 1.807) is 67.0 Å². The Kier molecular flexibility index (Phi) is 7.80. The van der Waals surface area contributed by atoms with Gasteiger partial charge < -0.3 is 10.1 Å². The van der Waals surface area contributed by atoms with Gasteiger partial charge in [-0.15, -0.1) is 6.58 Å². The number of carbonyl (C=O) groups excluding carboxylic acids is 2.